The van der Waals surface area contributed by atoms with Crippen molar-refractivity contribution < 1.29 is 4.74 Å². The second-order valence-electron chi connectivity index (χ2n) is 4.28. The van der Waals surface area contributed by atoms with E-state index in [1.807, 2.05) is 0 Å². The molecule has 1 saturated heterocycles. The molecular formula is C12H18BrN3O. The van der Waals surface area contributed by atoms with Crippen molar-refractivity contribution in [2.45, 2.75) is 38.2 Å². The van der Waals surface area contributed by atoms with E-state index in [-0.39, 0.29) is 0 Å². The number of ether oxygens (including phenoxy) is 1. The molecule has 5 heteroatoms. The summed E-state index contributed by atoms with van der Waals surface area (Å²) < 4.78 is 6.58. The predicted octanol–water partition coefficient (Wildman–Crippen LogP) is 3.00. The van der Waals surface area contributed by atoms with Gasteiger partial charge in [-0.05, 0) is 48.0 Å². The molecule has 0 unspecified atom stereocenters. The average Bonchev–Trinajstić information content (AvgIpc) is 2.38. The Bertz CT molecular complexity index is 325. The highest BCUT2D eigenvalue weighted by atomic mass is 79.9. The number of halogens is 1. The smallest absolute Gasteiger partial charge is 0.222 e. The number of nitrogens with one attached hydrogen (secondary N) is 1. The van der Waals surface area contributed by atoms with Crippen LogP contribution in [0.3, 0.4) is 0 Å². The lowest BCUT2D eigenvalue weighted by atomic mass is 10.0. The van der Waals surface area contributed by atoms with Crippen molar-refractivity contribution in [1.29, 1.82) is 0 Å². The number of hydrogen-bond acceptors (Lipinski definition) is 4. The number of anilines is 1. The van der Waals surface area contributed by atoms with Gasteiger partial charge in [0.05, 0.1) is 10.6 Å². The van der Waals surface area contributed by atoms with Gasteiger partial charge in [0.1, 0.15) is 0 Å². The van der Waals surface area contributed by atoms with Gasteiger partial charge in [-0.15, -0.1) is 0 Å². The monoisotopic (exact) mass is 299 g/mol. The summed E-state index contributed by atoms with van der Waals surface area (Å²) >= 11 is 3.31. The maximum Gasteiger partial charge on any atom is 0.222 e. The molecule has 94 valence electrons. The highest BCUT2D eigenvalue weighted by Crippen LogP contribution is 2.16. The minimum Gasteiger partial charge on any atom is -0.378 e. The van der Waals surface area contributed by atoms with Gasteiger partial charge in [-0.3, -0.25) is 0 Å². The minimum absolute atomic E-state index is 0.469. The van der Waals surface area contributed by atoms with Gasteiger partial charge in [0.15, 0.2) is 0 Å². The van der Waals surface area contributed by atoms with Crippen molar-refractivity contribution in [2.75, 3.05) is 18.5 Å². The van der Waals surface area contributed by atoms with Gasteiger partial charge in [0.2, 0.25) is 5.95 Å². The van der Waals surface area contributed by atoms with Crippen LogP contribution >= 0.6 is 15.9 Å². The molecule has 2 heterocycles. The fourth-order valence-corrected chi connectivity index (χ4v) is 2.17. The Balaban J connectivity index is 1.60. The van der Waals surface area contributed by atoms with Gasteiger partial charge < -0.3 is 10.1 Å². The molecule has 0 saturated carbocycles. The first-order valence-corrected chi connectivity index (χ1v) is 6.97. The lowest BCUT2D eigenvalue weighted by molar-refractivity contribution is 0.0107. The van der Waals surface area contributed by atoms with E-state index in [1.165, 1.54) is 19.3 Å². The van der Waals surface area contributed by atoms with E-state index in [2.05, 4.69) is 31.2 Å². The van der Waals surface area contributed by atoms with Crippen molar-refractivity contribution in [2.24, 2.45) is 0 Å². The van der Waals surface area contributed by atoms with E-state index in [1.54, 1.807) is 12.4 Å². The van der Waals surface area contributed by atoms with Gasteiger partial charge in [-0.2, -0.15) is 0 Å². The average molecular weight is 300 g/mol. The Labute approximate surface area is 110 Å². The molecule has 17 heavy (non-hydrogen) atoms. The Morgan fingerprint density at radius 2 is 2.18 bits per heavy atom. The normalized spacial score (nSPS) is 20.2. The van der Waals surface area contributed by atoms with Crippen molar-refractivity contribution in [3.05, 3.63) is 16.9 Å². The molecule has 4 nitrogen and oxygen atoms in total. The summed E-state index contributed by atoms with van der Waals surface area (Å²) in [4.78, 5) is 8.32. The van der Waals surface area contributed by atoms with E-state index >= 15 is 0 Å². The van der Waals surface area contributed by atoms with E-state index < -0.39 is 0 Å². The molecule has 1 aromatic heterocycles. The molecule has 0 amide bonds. The SMILES string of the molecule is Brc1cnc(NCCC[C@H]2CCCCO2)nc1. The molecular weight excluding hydrogens is 282 g/mol. The number of hydrogen-bond donors (Lipinski definition) is 1. The lowest BCUT2D eigenvalue weighted by Crippen LogP contribution is -2.20. The van der Waals surface area contributed by atoms with E-state index in [9.17, 15) is 0 Å². The molecule has 0 aromatic carbocycles. The van der Waals surface area contributed by atoms with Gasteiger partial charge in [-0.25, -0.2) is 9.97 Å². The summed E-state index contributed by atoms with van der Waals surface area (Å²) in [5.41, 5.74) is 0. The standard InChI is InChI=1S/C12H18BrN3O/c13-10-8-15-12(16-9-10)14-6-3-5-11-4-1-2-7-17-11/h8-9,11H,1-7H2,(H,14,15,16)/t11-/m1/s1. The van der Waals surface area contributed by atoms with Crippen LogP contribution in [0.2, 0.25) is 0 Å². The van der Waals surface area contributed by atoms with Crippen LogP contribution in [0.15, 0.2) is 16.9 Å². The summed E-state index contributed by atoms with van der Waals surface area (Å²) in [6, 6.07) is 0. The third-order valence-electron chi connectivity index (χ3n) is 2.88. The summed E-state index contributed by atoms with van der Waals surface area (Å²) in [5, 5.41) is 3.21. The van der Waals surface area contributed by atoms with Crippen molar-refractivity contribution >= 4 is 21.9 Å². The Hall–Kier alpha value is -0.680. The highest BCUT2D eigenvalue weighted by Gasteiger charge is 2.12. The summed E-state index contributed by atoms with van der Waals surface area (Å²) in [5.74, 6) is 0.692. The van der Waals surface area contributed by atoms with Crippen LogP contribution in [-0.2, 0) is 4.74 Å². The van der Waals surface area contributed by atoms with E-state index in [0.29, 0.717) is 12.1 Å². The Kier molecular flexibility index (Phi) is 5.19. The van der Waals surface area contributed by atoms with Crippen LogP contribution < -0.4 is 5.32 Å². The molecule has 0 spiro atoms. The van der Waals surface area contributed by atoms with Crippen LogP contribution in [0.4, 0.5) is 5.95 Å². The Morgan fingerprint density at radius 3 is 2.88 bits per heavy atom. The zero-order valence-electron chi connectivity index (χ0n) is 9.86. The largest absolute Gasteiger partial charge is 0.378 e. The van der Waals surface area contributed by atoms with Gasteiger partial charge in [-0.1, -0.05) is 0 Å². The first kappa shape index (κ1) is 12.8. The third kappa shape index (κ3) is 4.60. The van der Waals surface area contributed by atoms with E-state index in [4.69, 9.17) is 4.74 Å². The minimum atomic E-state index is 0.469. The van der Waals surface area contributed by atoms with Crippen LogP contribution in [0.5, 0.6) is 0 Å². The van der Waals surface area contributed by atoms with Crippen molar-refractivity contribution in [3.8, 4) is 0 Å². The number of aromatic nitrogens is 2. The second-order valence-corrected chi connectivity index (χ2v) is 5.20. The Morgan fingerprint density at radius 1 is 1.35 bits per heavy atom. The maximum absolute atomic E-state index is 5.68. The first-order chi connectivity index (χ1) is 8.34. The molecule has 0 bridgehead atoms. The highest BCUT2D eigenvalue weighted by molar-refractivity contribution is 9.10. The van der Waals surface area contributed by atoms with Crippen molar-refractivity contribution in [1.82, 2.24) is 9.97 Å². The summed E-state index contributed by atoms with van der Waals surface area (Å²) in [7, 11) is 0. The fourth-order valence-electron chi connectivity index (χ4n) is 1.97. The van der Waals surface area contributed by atoms with E-state index in [0.717, 1.165) is 30.5 Å². The molecule has 1 aliphatic rings. The van der Waals surface area contributed by atoms with Gasteiger partial charge in [0.25, 0.3) is 0 Å². The molecule has 1 aliphatic heterocycles. The molecule has 2 rings (SSSR count). The molecule has 1 aromatic rings. The molecule has 1 atom stereocenters. The van der Waals surface area contributed by atoms with Crippen LogP contribution in [0.1, 0.15) is 32.1 Å². The zero-order chi connectivity index (χ0) is 11.9. The zero-order valence-corrected chi connectivity index (χ0v) is 11.4. The van der Waals surface area contributed by atoms with Gasteiger partial charge in [0, 0.05) is 25.5 Å². The predicted molar refractivity (Wildman–Crippen MR) is 71.0 cm³/mol. The molecule has 0 radical (unpaired) electrons. The number of rotatable bonds is 5. The van der Waals surface area contributed by atoms with Crippen molar-refractivity contribution in [3.63, 3.8) is 0 Å². The number of nitrogens with zero attached hydrogens (tertiary/aromatic N) is 2. The van der Waals surface area contributed by atoms with Crippen LogP contribution in [-0.4, -0.2) is 29.2 Å². The van der Waals surface area contributed by atoms with Crippen LogP contribution in [0, 0.1) is 0 Å². The van der Waals surface area contributed by atoms with Crippen LogP contribution in [0.25, 0.3) is 0 Å². The lowest BCUT2D eigenvalue weighted by Gasteiger charge is -2.22. The summed E-state index contributed by atoms with van der Waals surface area (Å²) in [6.07, 6.45) is 9.95. The quantitative estimate of drug-likeness (QED) is 0.849. The topological polar surface area (TPSA) is 47.0 Å². The first-order valence-electron chi connectivity index (χ1n) is 6.17. The molecule has 0 aliphatic carbocycles. The fraction of sp³-hybridized carbons (Fsp3) is 0.667. The maximum atomic E-state index is 5.68. The third-order valence-corrected chi connectivity index (χ3v) is 3.29. The second kappa shape index (κ2) is 6.91. The van der Waals surface area contributed by atoms with Gasteiger partial charge >= 0.3 is 0 Å². The summed E-state index contributed by atoms with van der Waals surface area (Å²) in [6.45, 7) is 1.84. The molecule has 1 fully saturated rings. The molecule has 1 N–H and O–H groups in total.